The number of esters is 1. The fourth-order valence-electron chi connectivity index (χ4n) is 2.07. The minimum Gasteiger partial charge on any atom is -0.452 e. The van der Waals surface area contributed by atoms with Crippen molar-refractivity contribution < 1.29 is 32.4 Å². The summed E-state index contributed by atoms with van der Waals surface area (Å²) in [6, 6.07) is 7.69. The summed E-state index contributed by atoms with van der Waals surface area (Å²) in [7, 11) is 0. The highest BCUT2D eigenvalue weighted by Crippen LogP contribution is 2.30. The van der Waals surface area contributed by atoms with Gasteiger partial charge in [-0.2, -0.15) is 13.2 Å². The van der Waals surface area contributed by atoms with Crippen LogP contribution in [0.25, 0.3) is 6.08 Å². The number of alkyl halides is 3. The van der Waals surface area contributed by atoms with Gasteiger partial charge in [0.05, 0.1) is 21.2 Å². The third-order valence-corrected chi connectivity index (χ3v) is 3.72. The molecule has 0 aromatic heterocycles. The molecule has 0 spiro atoms. The van der Waals surface area contributed by atoms with Crippen LogP contribution in [0, 0.1) is 10.1 Å². The Balaban J connectivity index is 1.90. The summed E-state index contributed by atoms with van der Waals surface area (Å²) in [6.07, 6.45) is -2.52. The highest BCUT2D eigenvalue weighted by Gasteiger charge is 2.30. The normalized spacial score (nSPS) is 11.3. The first-order valence-electron chi connectivity index (χ1n) is 7.82. The van der Waals surface area contributed by atoms with Gasteiger partial charge in [-0.05, 0) is 29.8 Å². The van der Waals surface area contributed by atoms with Gasteiger partial charge in [-0.3, -0.25) is 14.9 Å². The number of amides is 1. The van der Waals surface area contributed by atoms with Crippen molar-refractivity contribution in [2.75, 3.05) is 11.9 Å². The molecule has 0 bridgehead atoms. The zero-order valence-electron chi connectivity index (χ0n) is 14.4. The van der Waals surface area contributed by atoms with E-state index >= 15 is 0 Å². The van der Waals surface area contributed by atoms with Gasteiger partial charge in [0.15, 0.2) is 6.61 Å². The summed E-state index contributed by atoms with van der Waals surface area (Å²) in [5, 5.41) is 12.9. The van der Waals surface area contributed by atoms with Gasteiger partial charge in [0, 0.05) is 18.2 Å². The number of non-ortho nitro benzene ring substituents is 1. The van der Waals surface area contributed by atoms with Crippen LogP contribution in [0.4, 0.5) is 24.5 Å². The lowest BCUT2D eigenvalue weighted by atomic mass is 10.1. The summed E-state index contributed by atoms with van der Waals surface area (Å²) in [5.41, 5.74) is -0.928. The van der Waals surface area contributed by atoms with Crippen LogP contribution in [-0.2, 0) is 20.5 Å². The number of carbonyl (C=O) groups is 2. The Morgan fingerprint density at radius 1 is 1.21 bits per heavy atom. The van der Waals surface area contributed by atoms with Gasteiger partial charge in [-0.25, -0.2) is 4.79 Å². The number of nitro benzene ring substituents is 1. The van der Waals surface area contributed by atoms with Gasteiger partial charge in [0.25, 0.3) is 11.6 Å². The van der Waals surface area contributed by atoms with Crippen LogP contribution in [-0.4, -0.2) is 23.4 Å². The van der Waals surface area contributed by atoms with Crippen molar-refractivity contribution in [3.8, 4) is 0 Å². The molecule has 0 aliphatic carbocycles. The van der Waals surface area contributed by atoms with Gasteiger partial charge < -0.3 is 10.1 Å². The lowest BCUT2D eigenvalue weighted by Gasteiger charge is -2.07. The number of nitrogens with zero attached hydrogens (tertiary/aromatic N) is 1. The predicted molar refractivity (Wildman–Crippen MR) is 98.2 cm³/mol. The molecule has 2 aromatic rings. The number of nitrogens with one attached hydrogen (secondary N) is 1. The molecule has 0 fully saturated rings. The van der Waals surface area contributed by atoms with E-state index in [2.05, 4.69) is 10.1 Å². The Kier molecular flexibility index (Phi) is 6.94. The molecule has 7 nitrogen and oxygen atoms in total. The average Bonchev–Trinajstić information content (AvgIpc) is 2.65. The number of anilines is 1. The molecule has 0 radical (unpaired) electrons. The number of hydrogen-bond donors (Lipinski definition) is 1. The van der Waals surface area contributed by atoms with Crippen LogP contribution in [0.1, 0.15) is 11.1 Å². The summed E-state index contributed by atoms with van der Waals surface area (Å²) < 4.78 is 42.6. The van der Waals surface area contributed by atoms with Gasteiger partial charge >= 0.3 is 12.1 Å². The average molecular weight is 429 g/mol. The number of hydrogen-bond acceptors (Lipinski definition) is 5. The van der Waals surface area contributed by atoms with Gasteiger partial charge in [0.2, 0.25) is 0 Å². The second-order valence-electron chi connectivity index (χ2n) is 5.53. The van der Waals surface area contributed by atoms with E-state index in [1.165, 1.54) is 18.2 Å². The molecule has 0 atom stereocenters. The first kappa shape index (κ1) is 21.9. The lowest BCUT2D eigenvalue weighted by molar-refractivity contribution is -0.384. The molecule has 2 aromatic carbocycles. The highest BCUT2D eigenvalue weighted by atomic mass is 35.5. The van der Waals surface area contributed by atoms with E-state index in [1.54, 1.807) is 0 Å². The number of carbonyl (C=O) groups excluding carboxylic acids is 2. The second-order valence-corrected chi connectivity index (χ2v) is 5.94. The Morgan fingerprint density at radius 2 is 1.93 bits per heavy atom. The van der Waals surface area contributed by atoms with Crippen molar-refractivity contribution in [2.24, 2.45) is 0 Å². The van der Waals surface area contributed by atoms with Crippen LogP contribution in [0.2, 0.25) is 5.02 Å². The van der Waals surface area contributed by atoms with Crippen molar-refractivity contribution >= 4 is 40.9 Å². The first-order chi connectivity index (χ1) is 13.6. The molecule has 0 saturated heterocycles. The molecule has 0 saturated carbocycles. The molecule has 0 unspecified atom stereocenters. The Bertz CT molecular complexity index is 976. The zero-order valence-corrected chi connectivity index (χ0v) is 15.2. The minimum atomic E-state index is -4.51. The fourth-order valence-corrected chi connectivity index (χ4v) is 2.29. The number of halogens is 4. The van der Waals surface area contributed by atoms with E-state index in [1.807, 2.05) is 0 Å². The molecule has 0 heterocycles. The van der Waals surface area contributed by atoms with Crippen LogP contribution in [0.15, 0.2) is 48.5 Å². The SMILES string of the molecule is O=C(COC(=O)/C=C/c1cccc(C(F)(F)F)c1)Nc1ccc([N+](=O)[O-])cc1Cl. The highest BCUT2D eigenvalue weighted by molar-refractivity contribution is 6.34. The minimum absolute atomic E-state index is 0.0803. The molecule has 152 valence electrons. The molecule has 2 rings (SSSR count). The third kappa shape index (κ3) is 6.61. The molecule has 29 heavy (non-hydrogen) atoms. The fraction of sp³-hybridized carbons (Fsp3) is 0.111. The van der Waals surface area contributed by atoms with E-state index in [0.717, 1.165) is 36.4 Å². The van der Waals surface area contributed by atoms with E-state index in [9.17, 15) is 32.9 Å². The van der Waals surface area contributed by atoms with Crippen LogP contribution in [0.5, 0.6) is 0 Å². The maximum atomic E-state index is 12.6. The molecule has 0 aliphatic heterocycles. The Labute approximate surface area is 166 Å². The molecule has 1 N–H and O–H groups in total. The number of rotatable bonds is 6. The maximum Gasteiger partial charge on any atom is 0.416 e. The molecule has 1 amide bonds. The quantitative estimate of drug-likeness (QED) is 0.317. The topological polar surface area (TPSA) is 98.5 Å². The standard InChI is InChI=1S/C18H12ClF3N2O5/c19-14-9-13(24(27)28)5-6-15(14)23-16(25)10-29-17(26)7-4-11-2-1-3-12(8-11)18(20,21)22/h1-9H,10H2,(H,23,25)/b7-4+. The Morgan fingerprint density at radius 3 is 2.55 bits per heavy atom. The maximum absolute atomic E-state index is 12.6. The van der Waals surface area contributed by atoms with E-state index in [0.29, 0.717) is 0 Å². The molecular weight excluding hydrogens is 417 g/mol. The number of benzene rings is 2. The van der Waals surface area contributed by atoms with Crippen LogP contribution in [0.3, 0.4) is 0 Å². The summed E-state index contributed by atoms with van der Waals surface area (Å²) in [6.45, 7) is -0.695. The van der Waals surface area contributed by atoms with Crippen LogP contribution < -0.4 is 5.32 Å². The summed E-state index contributed by atoms with van der Waals surface area (Å²) >= 11 is 5.82. The van der Waals surface area contributed by atoms with E-state index in [-0.39, 0.29) is 22.0 Å². The first-order valence-corrected chi connectivity index (χ1v) is 8.20. The summed E-state index contributed by atoms with van der Waals surface area (Å²) in [4.78, 5) is 33.4. The van der Waals surface area contributed by atoms with Gasteiger partial charge in [-0.15, -0.1) is 0 Å². The van der Waals surface area contributed by atoms with Crippen molar-refractivity contribution in [1.82, 2.24) is 0 Å². The van der Waals surface area contributed by atoms with Crippen molar-refractivity contribution in [1.29, 1.82) is 0 Å². The Hall–Kier alpha value is -3.40. The second kappa shape index (κ2) is 9.20. The number of nitro groups is 1. The monoisotopic (exact) mass is 428 g/mol. The van der Waals surface area contributed by atoms with Crippen molar-refractivity contribution in [3.63, 3.8) is 0 Å². The number of ether oxygens (including phenoxy) is 1. The molecular formula is C18H12ClF3N2O5. The lowest BCUT2D eigenvalue weighted by Crippen LogP contribution is -2.20. The van der Waals surface area contributed by atoms with Crippen LogP contribution >= 0.6 is 11.6 Å². The van der Waals surface area contributed by atoms with E-state index < -0.39 is 35.1 Å². The van der Waals surface area contributed by atoms with E-state index in [4.69, 9.17) is 11.6 Å². The van der Waals surface area contributed by atoms with Crippen molar-refractivity contribution in [2.45, 2.75) is 6.18 Å². The largest absolute Gasteiger partial charge is 0.452 e. The summed E-state index contributed by atoms with van der Waals surface area (Å²) in [5.74, 6) is -1.71. The van der Waals surface area contributed by atoms with Gasteiger partial charge in [0.1, 0.15) is 0 Å². The van der Waals surface area contributed by atoms with Crippen molar-refractivity contribution in [3.05, 3.63) is 74.8 Å². The molecule has 0 aliphatic rings. The van der Waals surface area contributed by atoms with Gasteiger partial charge in [-0.1, -0.05) is 23.7 Å². The zero-order chi connectivity index (χ0) is 21.6. The predicted octanol–water partition coefficient (Wildman–Crippen LogP) is 4.46. The third-order valence-electron chi connectivity index (χ3n) is 3.41. The molecule has 11 heteroatoms. The smallest absolute Gasteiger partial charge is 0.416 e.